The van der Waals surface area contributed by atoms with Gasteiger partial charge < -0.3 is 19.3 Å². The maximum absolute atomic E-state index is 10.5. The zero-order chi connectivity index (χ0) is 15.2. The van der Waals surface area contributed by atoms with Crippen molar-refractivity contribution in [2.24, 2.45) is 0 Å². The Labute approximate surface area is 128 Å². The molecule has 0 radical (unpaired) electrons. The van der Waals surface area contributed by atoms with Crippen LogP contribution in [-0.4, -0.2) is 25.4 Å². The molecule has 1 aromatic heterocycles. The summed E-state index contributed by atoms with van der Waals surface area (Å²) in [4.78, 5) is 0.832. The van der Waals surface area contributed by atoms with Crippen molar-refractivity contribution in [1.82, 2.24) is 0 Å². The van der Waals surface area contributed by atoms with Gasteiger partial charge in [-0.05, 0) is 37.6 Å². The van der Waals surface area contributed by atoms with Gasteiger partial charge in [0.15, 0.2) is 11.5 Å². The van der Waals surface area contributed by atoms with Crippen LogP contribution in [0.5, 0.6) is 17.2 Å². The lowest BCUT2D eigenvalue weighted by Gasteiger charge is -2.14. The van der Waals surface area contributed by atoms with E-state index in [9.17, 15) is 5.11 Å². The van der Waals surface area contributed by atoms with Gasteiger partial charge in [-0.2, -0.15) is 0 Å². The molecule has 1 heterocycles. The van der Waals surface area contributed by atoms with Crippen LogP contribution in [0.15, 0.2) is 29.6 Å². The van der Waals surface area contributed by atoms with Crippen molar-refractivity contribution in [3.63, 3.8) is 0 Å². The van der Waals surface area contributed by atoms with E-state index in [-0.39, 0.29) is 0 Å². The molecule has 2 rings (SSSR count). The Morgan fingerprint density at radius 2 is 1.81 bits per heavy atom. The molecule has 21 heavy (non-hydrogen) atoms. The fourth-order valence-electron chi connectivity index (χ4n) is 1.99. The molecule has 0 saturated heterocycles. The van der Waals surface area contributed by atoms with Crippen molar-refractivity contribution in [3.05, 3.63) is 40.1 Å². The van der Waals surface area contributed by atoms with Gasteiger partial charge in [0, 0.05) is 10.3 Å². The molecule has 0 aliphatic carbocycles. The van der Waals surface area contributed by atoms with Crippen LogP contribution in [0.4, 0.5) is 0 Å². The number of hydrogen-bond donors (Lipinski definition) is 1. The Balaban J connectivity index is 2.27. The number of benzene rings is 1. The smallest absolute Gasteiger partial charge is 0.161 e. The standard InChI is InChI=1S/C16H20O4S/c1-4-19-13-7-6-11(8-14(13)20-5-2)16(17)15-9-12(18-3)10-21-15/h6-10,16-17H,4-5H2,1-3H3. The summed E-state index contributed by atoms with van der Waals surface area (Å²) in [7, 11) is 1.61. The molecule has 4 nitrogen and oxygen atoms in total. The molecule has 0 bridgehead atoms. The summed E-state index contributed by atoms with van der Waals surface area (Å²) in [5, 5.41) is 12.3. The third-order valence-corrected chi connectivity index (χ3v) is 3.95. The molecular weight excluding hydrogens is 288 g/mol. The molecular formula is C16H20O4S. The predicted molar refractivity (Wildman–Crippen MR) is 83.7 cm³/mol. The van der Waals surface area contributed by atoms with Crippen LogP contribution >= 0.6 is 11.3 Å². The van der Waals surface area contributed by atoms with Crippen LogP contribution < -0.4 is 14.2 Å². The van der Waals surface area contributed by atoms with Crippen LogP contribution in [-0.2, 0) is 0 Å². The van der Waals surface area contributed by atoms with Crippen molar-refractivity contribution < 1.29 is 19.3 Å². The first-order valence-corrected chi connectivity index (χ1v) is 7.77. The highest BCUT2D eigenvalue weighted by atomic mass is 32.1. The van der Waals surface area contributed by atoms with E-state index in [0.29, 0.717) is 24.7 Å². The lowest BCUT2D eigenvalue weighted by molar-refractivity contribution is 0.222. The van der Waals surface area contributed by atoms with E-state index in [2.05, 4.69) is 0 Å². The Morgan fingerprint density at radius 1 is 1.10 bits per heavy atom. The molecule has 2 aromatic rings. The van der Waals surface area contributed by atoms with Crippen molar-refractivity contribution in [3.8, 4) is 17.2 Å². The lowest BCUT2D eigenvalue weighted by atomic mass is 10.1. The first-order chi connectivity index (χ1) is 10.2. The number of ether oxygens (including phenoxy) is 3. The second-order valence-electron chi connectivity index (χ2n) is 4.36. The highest BCUT2D eigenvalue weighted by Crippen LogP contribution is 2.35. The summed E-state index contributed by atoms with van der Waals surface area (Å²) in [5.41, 5.74) is 0.770. The van der Waals surface area contributed by atoms with Crippen LogP contribution in [0.25, 0.3) is 0 Å². The molecule has 0 fully saturated rings. The molecule has 0 aliphatic rings. The van der Waals surface area contributed by atoms with Crippen LogP contribution in [0.3, 0.4) is 0 Å². The summed E-state index contributed by atoms with van der Waals surface area (Å²) >= 11 is 1.46. The maximum atomic E-state index is 10.5. The quantitative estimate of drug-likeness (QED) is 0.848. The van der Waals surface area contributed by atoms with E-state index in [4.69, 9.17) is 14.2 Å². The molecule has 114 valence electrons. The highest BCUT2D eigenvalue weighted by Gasteiger charge is 2.16. The van der Waals surface area contributed by atoms with E-state index in [1.165, 1.54) is 11.3 Å². The third kappa shape index (κ3) is 3.68. The minimum Gasteiger partial charge on any atom is -0.496 e. The van der Waals surface area contributed by atoms with Gasteiger partial charge in [-0.25, -0.2) is 0 Å². The number of aliphatic hydroxyl groups excluding tert-OH is 1. The molecule has 1 N–H and O–H groups in total. The largest absolute Gasteiger partial charge is 0.496 e. The van der Waals surface area contributed by atoms with Crippen LogP contribution in [0, 0.1) is 0 Å². The molecule has 0 spiro atoms. The third-order valence-electron chi connectivity index (χ3n) is 2.98. The van der Waals surface area contributed by atoms with Gasteiger partial charge in [0.2, 0.25) is 0 Å². The predicted octanol–water partition coefficient (Wildman–Crippen LogP) is 3.64. The molecule has 5 heteroatoms. The fraction of sp³-hybridized carbons (Fsp3) is 0.375. The van der Waals surface area contributed by atoms with Gasteiger partial charge in [0.1, 0.15) is 11.9 Å². The summed E-state index contributed by atoms with van der Waals surface area (Å²) in [6, 6.07) is 7.35. The van der Waals surface area contributed by atoms with E-state index >= 15 is 0 Å². The first-order valence-electron chi connectivity index (χ1n) is 6.89. The molecule has 1 aromatic carbocycles. The Kier molecular flexibility index (Phi) is 5.47. The molecule has 0 amide bonds. The van der Waals surface area contributed by atoms with Gasteiger partial charge in [0.25, 0.3) is 0 Å². The van der Waals surface area contributed by atoms with Crippen molar-refractivity contribution in [2.75, 3.05) is 20.3 Å². The maximum Gasteiger partial charge on any atom is 0.161 e. The average Bonchev–Trinajstić information content (AvgIpc) is 2.98. The van der Waals surface area contributed by atoms with Crippen LogP contribution in [0.2, 0.25) is 0 Å². The van der Waals surface area contributed by atoms with Gasteiger partial charge in [0.05, 0.1) is 20.3 Å². The normalized spacial score (nSPS) is 12.0. The lowest BCUT2D eigenvalue weighted by Crippen LogP contribution is -2.02. The Hall–Kier alpha value is -1.72. The second-order valence-corrected chi connectivity index (χ2v) is 5.31. The van der Waals surface area contributed by atoms with Gasteiger partial charge in [-0.1, -0.05) is 6.07 Å². The fourth-order valence-corrected chi connectivity index (χ4v) is 2.85. The van der Waals surface area contributed by atoms with Gasteiger partial charge in [-0.15, -0.1) is 11.3 Å². The number of thiophene rings is 1. The summed E-state index contributed by atoms with van der Waals surface area (Å²) in [5.74, 6) is 2.10. The van der Waals surface area contributed by atoms with Crippen molar-refractivity contribution in [1.29, 1.82) is 0 Å². The topological polar surface area (TPSA) is 47.9 Å². The van der Waals surface area contributed by atoms with E-state index in [1.54, 1.807) is 7.11 Å². The monoisotopic (exact) mass is 308 g/mol. The SMILES string of the molecule is CCOc1ccc(C(O)c2cc(OC)cs2)cc1OCC. The molecule has 1 unspecified atom stereocenters. The zero-order valence-corrected chi connectivity index (χ0v) is 13.3. The van der Waals surface area contributed by atoms with E-state index < -0.39 is 6.10 Å². The van der Waals surface area contributed by atoms with Crippen molar-refractivity contribution in [2.45, 2.75) is 20.0 Å². The van der Waals surface area contributed by atoms with Crippen molar-refractivity contribution >= 4 is 11.3 Å². The first kappa shape index (κ1) is 15.7. The minimum absolute atomic E-state index is 0.548. The minimum atomic E-state index is -0.700. The molecule has 0 aliphatic heterocycles. The molecule has 1 atom stereocenters. The van der Waals surface area contributed by atoms with E-state index in [0.717, 1.165) is 16.2 Å². The number of rotatable bonds is 7. The molecule has 0 saturated carbocycles. The summed E-state index contributed by atoms with van der Waals surface area (Å²) in [6.07, 6.45) is -0.700. The van der Waals surface area contributed by atoms with Crippen LogP contribution in [0.1, 0.15) is 30.4 Å². The Morgan fingerprint density at radius 3 is 2.43 bits per heavy atom. The number of hydrogen-bond acceptors (Lipinski definition) is 5. The summed E-state index contributed by atoms with van der Waals surface area (Å²) in [6.45, 7) is 4.97. The Bertz CT molecular complexity index is 579. The number of aliphatic hydroxyl groups is 1. The summed E-state index contributed by atoms with van der Waals surface area (Å²) < 4.78 is 16.3. The zero-order valence-electron chi connectivity index (χ0n) is 12.5. The van der Waals surface area contributed by atoms with Gasteiger partial charge in [-0.3, -0.25) is 0 Å². The second kappa shape index (κ2) is 7.33. The average molecular weight is 308 g/mol. The highest BCUT2D eigenvalue weighted by molar-refractivity contribution is 7.10. The number of methoxy groups -OCH3 is 1. The van der Waals surface area contributed by atoms with Gasteiger partial charge >= 0.3 is 0 Å². The van der Waals surface area contributed by atoms with E-state index in [1.807, 2.05) is 43.5 Å².